The molecule has 4 rings (SSSR count). The average molecular weight is 410 g/mol. The third-order valence-corrected chi connectivity index (χ3v) is 5.11. The number of nitrogens with zero attached hydrogens (tertiary/aromatic N) is 3. The number of imidazole rings is 1. The minimum atomic E-state index is -4.67. The Bertz CT molecular complexity index is 1080. The van der Waals surface area contributed by atoms with E-state index < -0.39 is 23.3 Å². The molecule has 0 saturated heterocycles. The van der Waals surface area contributed by atoms with Crippen LogP contribution in [-0.2, 0) is 6.18 Å². The zero-order valence-corrected chi connectivity index (χ0v) is 15.5. The van der Waals surface area contributed by atoms with E-state index in [2.05, 4.69) is 4.98 Å². The van der Waals surface area contributed by atoms with Crippen molar-refractivity contribution in [1.82, 2.24) is 14.3 Å². The maximum Gasteiger partial charge on any atom is 0.420 e. The SMILES string of the molecule is CC1=CCN(C(=O)c2nc3c(C(F)(F)F)cc(-c4ccoc4)cn3c2Cl)CC1. The molecule has 1 aliphatic heterocycles. The molecule has 0 N–H and O–H groups in total. The monoisotopic (exact) mass is 409 g/mol. The molecule has 0 unspecified atom stereocenters. The van der Waals surface area contributed by atoms with E-state index >= 15 is 0 Å². The molecule has 0 radical (unpaired) electrons. The molecule has 0 fully saturated rings. The van der Waals surface area contributed by atoms with E-state index in [0.29, 0.717) is 25.1 Å². The molecule has 146 valence electrons. The number of hydrogen-bond acceptors (Lipinski definition) is 3. The molecule has 4 heterocycles. The fourth-order valence-electron chi connectivity index (χ4n) is 3.15. The van der Waals surface area contributed by atoms with E-state index in [1.807, 2.05) is 13.0 Å². The van der Waals surface area contributed by atoms with Gasteiger partial charge in [0.1, 0.15) is 5.15 Å². The summed E-state index contributed by atoms with van der Waals surface area (Å²) < 4.78 is 47.0. The molecule has 5 nitrogen and oxygen atoms in total. The molecule has 1 aliphatic rings. The van der Waals surface area contributed by atoms with Crippen molar-refractivity contribution in [3.8, 4) is 11.1 Å². The first-order valence-corrected chi connectivity index (χ1v) is 8.90. The Labute approximate surface area is 163 Å². The first kappa shape index (κ1) is 18.6. The van der Waals surface area contributed by atoms with Crippen molar-refractivity contribution in [2.75, 3.05) is 13.1 Å². The molecule has 1 amide bonds. The van der Waals surface area contributed by atoms with Gasteiger partial charge in [-0.3, -0.25) is 9.20 Å². The first-order chi connectivity index (χ1) is 13.3. The van der Waals surface area contributed by atoms with Gasteiger partial charge in [-0.05, 0) is 25.5 Å². The lowest BCUT2D eigenvalue weighted by Gasteiger charge is -2.24. The van der Waals surface area contributed by atoms with E-state index in [1.54, 1.807) is 6.07 Å². The Morgan fingerprint density at radius 2 is 2.11 bits per heavy atom. The van der Waals surface area contributed by atoms with Crippen LogP contribution in [0.2, 0.25) is 5.15 Å². The summed E-state index contributed by atoms with van der Waals surface area (Å²) in [5, 5.41) is -0.151. The maximum atomic E-state index is 13.7. The van der Waals surface area contributed by atoms with Crippen LogP contribution in [0.25, 0.3) is 16.8 Å². The van der Waals surface area contributed by atoms with Crippen LogP contribution < -0.4 is 0 Å². The summed E-state index contributed by atoms with van der Waals surface area (Å²) in [5.74, 6) is -0.490. The third-order valence-electron chi connectivity index (χ3n) is 4.75. The number of pyridine rings is 1. The van der Waals surface area contributed by atoms with Gasteiger partial charge in [-0.1, -0.05) is 23.3 Å². The summed E-state index contributed by atoms with van der Waals surface area (Å²) in [5.41, 5.74) is 0.308. The standard InChI is InChI=1S/C19H15ClF3N3O2/c1-11-2-5-25(6-3-11)18(27)15-16(20)26-9-13(12-4-7-28-10-12)8-14(17(26)24-15)19(21,22)23/h2,4,7-10H,3,5-6H2,1H3. The number of hydrogen-bond donors (Lipinski definition) is 0. The predicted octanol–water partition coefficient (Wildman–Crippen LogP) is 5.06. The van der Waals surface area contributed by atoms with Gasteiger partial charge < -0.3 is 9.32 Å². The number of carbonyl (C=O) groups is 1. The second-order valence-electron chi connectivity index (χ2n) is 6.65. The van der Waals surface area contributed by atoms with Crippen LogP contribution in [-0.4, -0.2) is 33.3 Å². The van der Waals surface area contributed by atoms with Crippen LogP contribution >= 0.6 is 11.6 Å². The fourth-order valence-corrected chi connectivity index (χ4v) is 3.41. The Hall–Kier alpha value is -2.74. The summed E-state index contributed by atoms with van der Waals surface area (Å²) in [7, 11) is 0. The van der Waals surface area contributed by atoms with Crippen LogP contribution in [0.3, 0.4) is 0 Å². The maximum absolute atomic E-state index is 13.7. The number of carbonyl (C=O) groups excluding carboxylic acids is 1. The van der Waals surface area contributed by atoms with Crippen LogP contribution in [0.5, 0.6) is 0 Å². The normalized spacial score (nSPS) is 15.2. The molecule has 0 bridgehead atoms. The second kappa shape index (κ2) is 6.70. The Kier molecular flexibility index (Phi) is 4.45. The van der Waals surface area contributed by atoms with Gasteiger partial charge in [0.05, 0.1) is 18.1 Å². The van der Waals surface area contributed by atoms with E-state index in [-0.39, 0.29) is 16.4 Å². The highest BCUT2D eigenvalue weighted by atomic mass is 35.5. The second-order valence-corrected chi connectivity index (χ2v) is 7.01. The average Bonchev–Trinajstić information content (AvgIpc) is 3.29. The number of aromatic nitrogens is 2. The van der Waals surface area contributed by atoms with Gasteiger partial charge in [0.2, 0.25) is 0 Å². The van der Waals surface area contributed by atoms with E-state index in [9.17, 15) is 18.0 Å². The van der Waals surface area contributed by atoms with Gasteiger partial charge in [0.25, 0.3) is 5.91 Å². The topological polar surface area (TPSA) is 50.8 Å². The predicted molar refractivity (Wildman–Crippen MR) is 97.2 cm³/mol. The summed E-state index contributed by atoms with van der Waals surface area (Å²) in [6.07, 6.45) is 2.06. The van der Waals surface area contributed by atoms with Crippen molar-refractivity contribution >= 4 is 23.2 Å². The van der Waals surface area contributed by atoms with Crippen molar-refractivity contribution in [2.45, 2.75) is 19.5 Å². The smallest absolute Gasteiger partial charge is 0.420 e. The van der Waals surface area contributed by atoms with Gasteiger partial charge in [0.15, 0.2) is 11.3 Å². The molecule has 3 aromatic heterocycles. The molecule has 3 aromatic rings. The molecular weight excluding hydrogens is 395 g/mol. The number of furan rings is 1. The van der Waals surface area contributed by atoms with E-state index in [0.717, 1.165) is 16.0 Å². The zero-order chi connectivity index (χ0) is 20.1. The summed E-state index contributed by atoms with van der Waals surface area (Å²) in [6, 6.07) is 2.52. The van der Waals surface area contributed by atoms with Crippen molar-refractivity contribution in [1.29, 1.82) is 0 Å². The molecule has 0 spiro atoms. The van der Waals surface area contributed by atoms with E-state index in [4.69, 9.17) is 16.0 Å². The number of amides is 1. The van der Waals surface area contributed by atoms with Gasteiger partial charge in [0, 0.05) is 30.4 Å². The van der Waals surface area contributed by atoms with Gasteiger partial charge in [-0.2, -0.15) is 13.2 Å². The lowest BCUT2D eigenvalue weighted by Crippen LogP contribution is -2.35. The Morgan fingerprint density at radius 3 is 2.71 bits per heavy atom. The van der Waals surface area contributed by atoms with Gasteiger partial charge >= 0.3 is 6.18 Å². The van der Waals surface area contributed by atoms with Crippen molar-refractivity contribution in [3.63, 3.8) is 0 Å². The number of fused-ring (bicyclic) bond motifs is 1. The first-order valence-electron chi connectivity index (χ1n) is 8.52. The van der Waals surface area contributed by atoms with Crippen molar-refractivity contribution in [2.24, 2.45) is 0 Å². The molecule has 9 heteroatoms. The van der Waals surface area contributed by atoms with Crippen molar-refractivity contribution in [3.05, 3.63) is 58.9 Å². The van der Waals surface area contributed by atoms with Crippen LogP contribution in [0, 0.1) is 0 Å². The van der Waals surface area contributed by atoms with Gasteiger partial charge in [-0.25, -0.2) is 4.98 Å². The minimum absolute atomic E-state index is 0.151. The third kappa shape index (κ3) is 3.17. The summed E-state index contributed by atoms with van der Waals surface area (Å²) >= 11 is 6.30. The van der Waals surface area contributed by atoms with Crippen LogP contribution in [0.4, 0.5) is 13.2 Å². The van der Waals surface area contributed by atoms with Gasteiger partial charge in [-0.15, -0.1) is 0 Å². The highest BCUT2D eigenvalue weighted by Crippen LogP contribution is 2.37. The van der Waals surface area contributed by atoms with E-state index in [1.165, 1.54) is 23.6 Å². The van der Waals surface area contributed by atoms with Crippen LogP contribution in [0.15, 0.2) is 46.9 Å². The molecule has 0 saturated carbocycles. The lowest BCUT2D eigenvalue weighted by atomic mass is 10.1. The lowest BCUT2D eigenvalue weighted by molar-refractivity contribution is -0.136. The largest absolute Gasteiger partial charge is 0.472 e. The summed E-state index contributed by atoms with van der Waals surface area (Å²) in [4.78, 5) is 18.3. The minimum Gasteiger partial charge on any atom is -0.472 e. The van der Waals surface area contributed by atoms with Crippen molar-refractivity contribution < 1.29 is 22.4 Å². The molecule has 28 heavy (non-hydrogen) atoms. The highest BCUT2D eigenvalue weighted by Gasteiger charge is 2.36. The van der Waals surface area contributed by atoms with Crippen LogP contribution in [0.1, 0.15) is 29.4 Å². The number of rotatable bonds is 2. The highest BCUT2D eigenvalue weighted by molar-refractivity contribution is 6.33. The quantitative estimate of drug-likeness (QED) is 0.556. The summed E-state index contributed by atoms with van der Waals surface area (Å²) in [6.45, 7) is 2.81. The fraction of sp³-hybridized carbons (Fsp3) is 0.263. The Morgan fingerprint density at radius 1 is 1.32 bits per heavy atom. The zero-order valence-electron chi connectivity index (χ0n) is 14.8. The molecule has 0 atom stereocenters. The number of alkyl halides is 3. The molecule has 0 aromatic carbocycles. The Balaban J connectivity index is 1.86. The molecule has 0 aliphatic carbocycles. The molecular formula is C19H15ClF3N3O2. The number of halogens is 4.